The lowest BCUT2D eigenvalue weighted by Gasteiger charge is -2.11. The van der Waals surface area contributed by atoms with E-state index in [0.29, 0.717) is 31.8 Å². The molecule has 5 heteroatoms. The molecule has 4 nitrogen and oxygen atoms in total. The monoisotopic (exact) mass is 341 g/mol. The summed E-state index contributed by atoms with van der Waals surface area (Å²) in [6.45, 7) is 11.6. The average molecular weight is 341 g/mol. The Morgan fingerprint density at radius 3 is 2.69 bits per heavy atom. The molecule has 16 heavy (non-hydrogen) atoms. The van der Waals surface area contributed by atoms with Crippen molar-refractivity contribution in [3.63, 3.8) is 0 Å². The molecule has 0 aromatic carbocycles. The van der Waals surface area contributed by atoms with Gasteiger partial charge in [-0.1, -0.05) is 19.1 Å². The van der Waals surface area contributed by atoms with E-state index in [0.717, 1.165) is 12.0 Å². The summed E-state index contributed by atoms with van der Waals surface area (Å²) < 4.78 is 5.29. The van der Waals surface area contributed by atoms with Gasteiger partial charge < -0.3 is 15.8 Å². The topological polar surface area (TPSA) is 59.6 Å². The molecule has 0 fully saturated rings. The third-order valence-corrected chi connectivity index (χ3v) is 1.87. The van der Waals surface area contributed by atoms with Gasteiger partial charge in [0.2, 0.25) is 0 Å². The van der Waals surface area contributed by atoms with Gasteiger partial charge in [-0.2, -0.15) is 0 Å². The second-order valence-electron chi connectivity index (χ2n) is 3.73. The van der Waals surface area contributed by atoms with Gasteiger partial charge in [-0.25, -0.2) is 0 Å². The van der Waals surface area contributed by atoms with Crippen molar-refractivity contribution in [2.24, 2.45) is 10.7 Å². The lowest BCUT2D eigenvalue weighted by molar-refractivity contribution is 0.164. The maximum absolute atomic E-state index is 5.66. The Kier molecular flexibility index (Phi) is 12.6. The Bertz CT molecular complexity index is 219. The van der Waals surface area contributed by atoms with Crippen LogP contribution in [0.25, 0.3) is 0 Å². The second-order valence-corrected chi connectivity index (χ2v) is 3.73. The van der Waals surface area contributed by atoms with E-state index in [1.165, 1.54) is 0 Å². The number of aliphatic imine (C=N–C) groups is 1. The van der Waals surface area contributed by atoms with Gasteiger partial charge in [-0.3, -0.25) is 4.99 Å². The lowest BCUT2D eigenvalue weighted by Crippen LogP contribution is -2.38. The first-order valence-corrected chi connectivity index (χ1v) is 5.34. The van der Waals surface area contributed by atoms with Gasteiger partial charge in [0.15, 0.2) is 5.96 Å². The number of nitrogens with zero attached hydrogens (tertiary/aromatic N) is 1. The van der Waals surface area contributed by atoms with E-state index in [4.69, 9.17) is 10.5 Å². The van der Waals surface area contributed by atoms with Crippen LogP contribution in [0.2, 0.25) is 0 Å². The highest BCUT2D eigenvalue weighted by atomic mass is 127. The minimum Gasteiger partial charge on any atom is -0.375 e. The zero-order valence-electron chi connectivity index (χ0n) is 10.5. The Morgan fingerprint density at radius 2 is 2.19 bits per heavy atom. The highest BCUT2D eigenvalue weighted by molar-refractivity contribution is 14.0. The fourth-order valence-electron chi connectivity index (χ4n) is 0.877. The maximum atomic E-state index is 5.66. The summed E-state index contributed by atoms with van der Waals surface area (Å²) in [5, 5.41) is 3.08. The summed E-state index contributed by atoms with van der Waals surface area (Å²) in [5.74, 6) is 0.489. The molecule has 0 aliphatic carbocycles. The molecule has 0 rings (SSSR count). The highest BCUT2D eigenvalue weighted by Crippen LogP contribution is 1.88. The Hall–Kier alpha value is -0.300. The van der Waals surface area contributed by atoms with Crippen molar-refractivity contribution in [3.8, 4) is 0 Å². The zero-order valence-corrected chi connectivity index (χ0v) is 12.8. The molecule has 0 saturated carbocycles. The molecular formula is C11H24IN3O. The minimum atomic E-state index is 0. The molecule has 0 spiro atoms. The molecule has 0 aliphatic rings. The summed E-state index contributed by atoms with van der Waals surface area (Å²) in [6.07, 6.45) is 1.03. The van der Waals surface area contributed by atoms with Crippen LogP contribution < -0.4 is 11.1 Å². The maximum Gasteiger partial charge on any atom is 0.188 e. The molecule has 0 aromatic rings. The van der Waals surface area contributed by atoms with Crippen molar-refractivity contribution < 1.29 is 4.74 Å². The summed E-state index contributed by atoms with van der Waals surface area (Å²) >= 11 is 0. The number of hydrogen-bond acceptors (Lipinski definition) is 2. The van der Waals surface area contributed by atoms with Crippen LogP contribution in [0, 0.1) is 0 Å². The van der Waals surface area contributed by atoms with Gasteiger partial charge in [0.05, 0.1) is 19.8 Å². The first-order chi connectivity index (χ1) is 7.06. The molecule has 0 amide bonds. The Morgan fingerprint density at radius 1 is 1.56 bits per heavy atom. The van der Waals surface area contributed by atoms with E-state index >= 15 is 0 Å². The number of rotatable bonds is 7. The molecule has 1 atom stereocenters. The SMILES string of the molecule is C=C(C)COCCN=C(N)NC(C)CC.I. The lowest BCUT2D eigenvalue weighted by atomic mass is 10.3. The smallest absolute Gasteiger partial charge is 0.188 e. The van der Waals surface area contributed by atoms with Gasteiger partial charge in [0.1, 0.15) is 0 Å². The number of guanidine groups is 1. The van der Waals surface area contributed by atoms with Crippen molar-refractivity contribution in [1.29, 1.82) is 0 Å². The van der Waals surface area contributed by atoms with E-state index in [1.807, 2.05) is 6.92 Å². The number of halogens is 1. The van der Waals surface area contributed by atoms with E-state index < -0.39 is 0 Å². The van der Waals surface area contributed by atoms with Crippen molar-refractivity contribution in [2.75, 3.05) is 19.8 Å². The average Bonchev–Trinajstić information content (AvgIpc) is 2.16. The summed E-state index contributed by atoms with van der Waals surface area (Å²) in [4.78, 5) is 4.14. The largest absolute Gasteiger partial charge is 0.375 e. The number of nitrogens with two attached hydrogens (primary N) is 1. The number of hydrogen-bond donors (Lipinski definition) is 2. The molecule has 96 valence electrons. The van der Waals surface area contributed by atoms with Crippen molar-refractivity contribution >= 4 is 29.9 Å². The van der Waals surface area contributed by atoms with Crippen LogP contribution in [0.4, 0.5) is 0 Å². The summed E-state index contributed by atoms with van der Waals surface area (Å²) in [5.41, 5.74) is 6.68. The molecule has 1 unspecified atom stereocenters. The second kappa shape index (κ2) is 11.2. The van der Waals surface area contributed by atoms with Crippen LogP contribution >= 0.6 is 24.0 Å². The third-order valence-electron chi connectivity index (χ3n) is 1.87. The Balaban J connectivity index is 0. The van der Waals surface area contributed by atoms with E-state index in [-0.39, 0.29) is 24.0 Å². The van der Waals surface area contributed by atoms with E-state index in [2.05, 4.69) is 30.7 Å². The molecule has 0 saturated heterocycles. The molecule has 0 heterocycles. The fraction of sp³-hybridized carbons (Fsp3) is 0.727. The molecule has 3 N–H and O–H groups in total. The first-order valence-electron chi connectivity index (χ1n) is 5.34. The van der Waals surface area contributed by atoms with Gasteiger partial charge in [-0.05, 0) is 20.3 Å². The summed E-state index contributed by atoms with van der Waals surface area (Å²) in [6, 6.07) is 0.366. The van der Waals surface area contributed by atoms with Gasteiger partial charge in [-0.15, -0.1) is 24.0 Å². The van der Waals surface area contributed by atoms with Crippen molar-refractivity contribution in [1.82, 2.24) is 5.32 Å². The molecule has 0 aromatic heterocycles. The van der Waals surface area contributed by atoms with Gasteiger partial charge in [0.25, 0.3) is 0 Å². The molecular weight excluding hydrogens is 317 g/mol. The fourth-order valence-corrected chi connectivity index (χ4v) is 0.877. The quantitative estimate of drug-likeness (QED) is 0.244. The Labute approximate surface area is 116 Å². The van der Waals surface area contributed by atoms with E-state index in [9.17, 15) is 0 Å². The van der Waals surface area contributed by atoms with Crippen LogP contribution in [0.1, 0.15) is 27.2 Å². The highest BCUT2D eigenvalue weighted by Gasteiger charge is 1.97. The third kappa shape index (κ3) is 11.8. The van der Waals surface area contributed by atoms with Crippen LogP contribution in [0.5, 0.6) is 0 Å². The van der Waals surface area contributed by atoms with Crippen LogP contribution in [0.3, 0.4) is 0 Å². The van der Waals surface area contributed by atoms with Gasteiger partial charge in [0, 0.05) is 6.04 Å². The molecule has 0 radical (unpaired) electrons. The zero-order chi connectivity index (χ0) is 11.7. The van der Waals surface area contributed by atoms with Crippen LogP contribution in [-0.2, 0) is 4.74 Å². The molecule has 0 bridgehead atoms. The molecule has 0 aliphatic heterocycles. The summed E-state index contributed by atoms with van der Waals surface area (Å²) in [7, 11) is 0. The standard InChI is InChI=1S/C11H23N3O.HI/c1-5-10(4)14-11(12)13-6-7-15-8-9(2)3;/h10H,2,5-8H2,1,3-4H3,(H3,12,13,14);1H. The normalized spacial score (nSPS) is 12.8. The van der Waals surface area contributed by atoms with Crippen LogP contribution in [-0.4, -0.2) is 31.8 Å². The first kappa shape index (κ1) is 18.1. The van der Waals surface area contributed by atoms with E-state index in [1.54, 1.807) is 0 Å². The van der Waals surface area contributed by atoms with Crippen LogP contribution in [0.15, 0.2) is 17.1 Å². The van der Waals surface area contributed by atoms with Gasteiger partial charge >= 0.3 is 0 Å². The predicted molar refractivity (Wildman–Crippen MR) is 80.4 cm³/mol. The predicted octanol–water partition coefficient (Wildman–Crippen LogP) is 1.90. The number of nitrogens with one attached hydrogen (secondary N) is 1. The number of ether oxygens (including phenoxy) is 1. The van der Waals surface area contributed by atoms with Crippen molar-refractivity contribution in [3.05, 3.63) is 12.2 Å². The van der Waals surface area contributed by atoms with Crippen molar-refractivity contribution in [2.45, 2.75) is 33.2 Å². The minimum absolute atomic E-state index is 0.